The summed E-state index contributed by atoms with van der Waals surface area (Å²) in [4.78, 5) is 1.42. The van der Waals surface area contributed by atoms with Crippen molar-refractivity contribution in [3.05, 3.63) is 132 Å². The Morgan fingerprint density at radius 3 is 2.38 bits per heavy atom. The molecule has 0 fully saturated rings. The van der Waals surface area contributed by atoms with Crippen LogP contribution in [0.4, 0.5) is 0 Å². The Balaban J connectivity index is 1.58. The van der Waals surface area contributed by atoms with E-state index in [1.807, 2.05) is 11.8 Å². The minimum atomic E-state index is 0.367. The molecule has 7 rings (SSSR count). The van der Waals surface area contributed by atoms with E-state index in [-0.39, 0.29) is 0 Å². The van der Waals surface area contributed by atoms with Crippen molar-refractivity contribution in [2.75, 3.05) is 5.75 Å². The maximum Gasteiger partial charge on any atom is 0.0192 e. The molecule has 0 radical (unpaired) electrons. The summed E-state index contributed by atoms with van der Waals surface area (Å²) in [6, 6.07) is 31.7. The van der Waals surface area contributed by atoms with Crippen LogP contribution in [0.25, 0.3) is 49.9 Å². The van der Waals surface area contributed by atoms with Gasteiger partial charge in [-0.1, -0.05) is 129 Å². The molecule has 1 aliphatic carbocycles. The van der Waals surface area contributed by atoms with Crippen LogP contribution in [-0.4, -0.2) is 5.75 Å². The van der Waals surface area contributed by atoms with Crippen LogP contribution in [0.2, 0.25) is 0 Å². The van der Waals surface area contributed by atoms with Crippen LogP contribution in [0.1, 0.15) is 48.8 Å². The molecular weight excluding hydrogens is 488 g/mol. The molecule has 0 aromatic heterocycles. The van der Waals surface area contributed by atoms with E-state index in [1.54, 1.807) is 0 Å². The summed E-state index contributed by atoms with van der Waals surface area (Å²) in [6.45, 7) is 4.73. The van der Waals surface area contributed by atoms with E-state index >= 15 is 0 Å². The van der Waals surface area contributed by atoms with Gasteiger partial charge in [0, 0.05) is 16.6 Å². The normalized spacial score (nSPS) is 20.1. The highest BCUT2D eigenvalue weighted by molar-refractivity contribution is 7.99. The summed E-state index contributed by atoms with van der Waals surface area (Å²) in [7, 11) is 0. The van der Waals surface area contributed by atoms with Gasteiger partial charge < -0.3 is 0 Å². The van der Waals surface area contributed by atoms with Gasteiger partial charge in [-0.3, -0.25) is 0 Å². The van der Waals surface area contributed by atoms with Crippen LogP contribution in [0.15, 0.2) is 120 Å². The predicted molar refractivity (Wildman–Crippen MR) is 172 cm³/mol. The van der Waals surface area contributed by atoms with Crippen molar-refractivity contribution in [2.45, 2.75) is 37.0 Å². The van der Waals surface area contributed by atoms with Gasteiger partial charge in [-0.2, -0.15) is 0 Å². The number of allylic oxidation sites excluding steroid dienone is 4. The predicted octanol–water partition coefficient (Wildman–Crippen LogP) is 11.2. The third-order valence-corrected chi connectivity index (χ3v) is 9.48. The molecule has 0 spiro atoms. The van der Waals surface area contributed by atoms with Crippen LogP contribution in [0.5, 0.6) is 0 Å². The first-order chi connectivity index (χ1) is 19.2. The molecule has 5 aromatic rings. The fraction of sp³-hybridized carbons (Fsp3) is 0.158. The van der Waals surface area contributed by atoms with Gasteiger partial charge in [-0.15, -0.1) is 11.8 Å². The highest BCUT2D eigenvalue weighted by atomic mass is 32.2. The second-order valence-electron chi connectivity index (χ2n) is 10.9. The summed E-state index contributed by atoms with van der Waals surface area (Å²) in [6.07, 6.45) is 14.8. The van der Waals surface area contributed by atoms with Crippen molar-refractivity contribution in [1.82, 2.24) is 0 Å². The van der Waals surface area contributed by atoms with E-state index in [0.29, 0.717) is 11.8 Å². The molecule has 1 heterocycles. The van der Waals surface area contributed by atoms with Gasteiger partial charge in [0.05, 0.1) is 0 Å². The molecule has 0 N–H and O–H groups in total. The average molecular weight is 521 g/mol. The Morgan fingerprint density at radius 2 is 1.51 bits per heavy atom. The van der Waals surface area contributed by atoms with Crippen LogP contribution in [0, 0.1) is 0 Å². The van der Waals surface area contributed by atoms with Crippen molar-refractivity contribution in [2.24, 2.45) is 0 Å². The van der Waals surface area contributed by atoms with Crippen LogP contribution >= 0.6 is 11.8 Å². The number of fused-ring (bicyclic) bond motifs is 4. The Hall–Kier alpha value is -3.81. The number of rotatable bonds is 2. The smallest absolute Gasteiger partial charge is 0.0192 e. The van der Waals surface area contributed by atoms with Gasteiger partial charge in [0.15, 0.2) is 0 Å². The number of hydrogen-bond donors (Lipinski definition) is 0. The fourth-order valence-corrected chi connectivity index (χ4v) is 7.61. The minimum Gasteiger partial charge on any atom is -0.121 e. The fourth-order valence-electron chi connectivity index (χ4n) is 6.49. The molecule has 1 aliphatic heterocycles. The maximum atomic E-state index is 2.41. The molecule has 0 bridgehead atoms. The molecule has 5 aromatic carbocycles. The molecule has 1 heteroatoms. The second kappa shape index (κ2) is 10.1. The van der Waals surface area contributed by atoms with Crippen molar-refractivity contribution in [1.29, 1.82) is 0 Å². The first kappa shape index (κ1) is 24.2. The SMILES string of the molecule is CC1/C=C\C=C/CSc2c(-c3c4c(c(-c5ccc6ccccc6c5)c5ccccc35)C=CCC4C)cccc21. The Kier molecular flexibility index (Phi) is 6.25. The number of benzene rings is 5. The second-order valence-corrected chi connectivity index (χ2v) is 11.9. The molecule has 2 aliphatic rings. The first-order valence-electron chi connectivity index (χ1n) is 14.0. The van der Waals surface area contributed by atoms with Crippen LogP contribution in [0.3, 0.4) is 0 Å². The van der Waals surface area contributed by atoms with Crippen molar-refractivity contribution < 1.29 is 0 Å². The zero-order chi connectivity index (χ0) is 26.3. The standard InChI is InChI=1S/C38H32S/c1-25-12-4-3-9-23-39-38-30(25)18-11-20-34(38)37-32-17-8-7-16-31(32)36(33-19-10-13-26(2)35(33)37)29-22-21-27-14-5-6-15-28(27)24-29/h3-12,14-22,24-26H,13,23H2,1-2H3/b9-3-,12-4-. The van der Waals surface area contributed by atoms with Gasteiger partial charge in [-0.25, -0.2) is 0 Å². The van der Waals surface area contributed by atoms with Gasteiger partial charge in [-0.05, 0) is 78.9 Å². The molecule has 39 heavy (non-hydrogen) atoms. The van der Waals surface area contributed by atoms with Gasteiger partial charge in [0.2, 0.25) is 0 Å². The summed E-state index contributed by atoms with van der Waals surface area (Å²) in [5.74, 6) is 1.79. The minimum absolute atomic E-state index is 0.367. The molecule has 0 saturated carbocycles. The Bertz CT molecular complexity index is 1820. The topological polar surface area (TPSA) is 0 Å². The Morgan fingerprint density at radius 1 is 0.718 bits per heavy atom. The highest BCUT2D eigenvalue weighted by Crippen LogP contribution is 2.50. The summed E-state index contributed by atoms with van der Waals surface area (Å²) in [5, 5.41) is 5.26. The largest absolute Gasteiger partial charge is 0.121 e. The van der Waals surface area contributed by atoms with Gasteiger partial charge in [0.25, 0.3) is 0 Å². The quantitative estimate of drug-likeness (QED) is 0.223. The molecule has 0 saturated heterocycles. The average Bonchev–Trinajstić information content (AvgIpc) is 3.06. The van der Waals surface area contributed by atoms with Crippen LogP contribution < -0.4 is 0 Å². The van der Waals surface area contributed by atoms with E-state index in [9.17, 15) is 0 Å². The Labute approximate surface area is 235 Å². The zero-order valence-electron chi connectivity index (χ0n) is 22.5. The maximum absolute atomic E-state index is 2.41. The van der Waals surface area contributed by atoms with E-state index in [2.05, 4.69) is 135 Å². The van der Waals surface area contributed by atoms with Gasteiger partial charge in [0.1, 0.15) is 0 Å². The lowest BCUT2D eigenvalue weighted by Crippen LogP contribution is -2.07. The number of hydrogen-bond acceptors (Lipinski definition) is 1. The molecule has 0 amide bonds. The molecule has 0 nitrogen and oxygen atoms in total. The van der Waals surface area contributed by atoms with Crippen molar-refractivity contribution in [3.63, 3.8) is 0 Å². The molecular formula is C38H32S. The third kappa shape index (κ3) is 4.17. The van der Waals surface area contributed by atoms with E-state index in [0.717, 1.165) is 12.2 Å². The number of thioether (sulfide) groups is 1. The summed E-state index contributed by atoms with van der Waals surface area (Å²) >= 11 is 1.98. The summed E-state index contributed by atoms with van der Waals surface area (Å²) in [5.41, 5.74) is 9.76. The first-order valence-corrected chi connectivity index (χ1v) is 15.0. The monoisotopic (exact) mass is 520 g/mol. The van der Waals surface area contributed by atoms with E-state index < -0.39 is 0 Å². The van der Waals surface area contributed by atoms with Gasteiger partial charge >= 0.3 is 0 Å². The molecule has 2 unspecified atom stereocenters. The van der Waals surface area contributed by atoms with Crippen LogP contribution in [-0.2, 0) is 0 Å². The highest BCUT2D eigenvalue weighted by Gasteiger charge is 2.27. The zero-order valence-corrected chi connectivity index (χ0v) is 23.3. The lowest BCUT2D eigenvalue weighted by atomic mass is 9.76. The lowest BCUT2D eigenvalue weighted by molar-refractivity contribution is 0.775. The van der Waals surface area contributed by atoms with E-state index in [4.69, 9.17) is 0 Å². The lowest BCUT2D eigenvalue weighted by Gasteiger charge is -2.29. The molecule has 190 valence electrons. The summed E-state index contributed by atoms with van der Waals surface area (Å²) < 4.78 is 0. The third-order valence-electron chi connectivity index (χ3n) is 8.38. The molecule has 2 atom stereocenters. The van der Waals surface area contributed by atoms with Crippen molar-refractivity contribution in [3.8, 4) is 22.3 Å². The van der Waals surface area contributed by atoms with Crippen molar-refractivity contribution >= 4 is 39.4 Å². The van der Waals surface area contributed by atoms with E-state index in [1.165, 1.54) is 65.4 Å².